The van der Waals surface area contributed by atoms with Crippen molar-refractivity contribution in [3.63, 3.8) is 0 Å². The minimum atomic E-state index is -1.24. The molecule has 242 valence electrons. The summed E-state index contributed by atoms with van der Waals surface area (Å²) in [7, 11) is 0. The number of carboxylic acid groups (broad SMARTS) is 2. The largest absolute Gasteiger partial charge is 0.478 e. The molecule has 0 saturated heterocycles. The molecule has 0 bridgehead atoms. The zero-order chi connectivity index (χ0) is 34.1. The normalized spacial score (nSPS) is 11.0. The summed E-state index contributed by atoms with van der Waals surface area (Å²) < 4.78 is 6.23. The number of aromatic carboxylic acids is 2. The van der Waals surface area contributed by atoms with Gasteiger partial charge in [0.25, 0.3) is 11.8 Å². The Bertz CT molecular complexity index is 2220. The van der Waals surface area contributed by atoms with Crippen LogP contribution in [0.25, 0.3) is 20.9 Å². The second-order valence-electron chi connectivity index (χ2n) is 10.2. The zero-order valence-electron chi connectivity index (χ0n) is 24.4. The number of carbonyl (C=O) groups excluding carboxylic acids is 2. The number of nitrogens with zero attached hydrogens (tertiary/aromatic N) is 4. The van der Waals surface area contributed by atoms with Crippen molar-refractivity contribution in [2.75, 3.05) is 10.6 Å². The second-order valence-corrected chi connectivity index (χ2v) is 14.0. The fourth-order valence-electron chi connectivity index (χ4n) is 4.82. The summed E-state index contributed by atoms with van der Waals surface area (Å²) in [6.45, 7) is 1.80. The van der Waals surface area contributed by atoms with Crippen LogP contribution in [-0.2, 0) is 6.54 Å². The van der Waals surface area contributed by atoms with E-state index in [-0.39, 0.29) is 39.6 Å². The third-order valence-electron chi connectivity index (χ3n) is 7.00. The Morgan fingerprint density at radius 1 is 0.917 bits per heavy atom. The highest BCUT2D eigenvalue weighted by molar-refractivity contribution is 9.10. The molecule has 0 radical (unpaired) electrons. The minimum absolute atomic E-state index is 0.0294. The van der Waals surface area contributed by atoms with Crippen molar-refractivity contribution in [2.45, 2.75) is 13.5 Å². The molecule has 4 N–H and O–H groups in total. The number of carbonyl (C=O) groups is 4. The van der Waals surface area contributed by atoms with Crippen LogP contribution in [-0.4, -0.2) is 53.1 Å². The molecule has 6 aromatic rings. The number of amides is 2. The molecule has 0 aliphatic carbocycles. The third kappa shape index (κ3) is 6.79. The number of aryl methyl sites for hydroxylation is 1. The zero-order valence-corrected chi connectivity index (χ0v) is 29.1. The number of carboxylic acids is 2. The summed E-state index contributed by atoms with van der Waals surface area (Å²) in [5.74, 6) is -3.55. The van der Waals surface area contributed by atoms with Crippen molar-refractivity contribution in [3.05, 3.63) is 108 Å². The lowest BCUT2D eigenvalue weighted by molar-refractivity contribution is 0.0688. The highest BCUT2D eigenvalue weighted by atomic mass is 79.9. The molecule has 0 saturated carbocycles. The van der Waals surface area contributed by atoms with E-state index in [9.17, 15) is 29.4 Å². The van der Waals surface area contributed by atoms with Crippen molar-refractivity contribution in [2.24, 2.45) is 0 Å². The van der Waals surface area contributed by atoms with Gasteiger partial charge in [-0.05, 0) is 59.4 Å². The van der Waals surface area contributed by atoms with E-state index in [1.807, 2.05) is 0 Å². The molecule has 6 rings (SSSR count). The molecule has 0 fully saturated rings. The molecular formula is C31H20BrClN6O6S3. The SMILES string of the molecule is Cc1nnsc1C(=O)Nc1csc(-c2ccc(Cl)cc2Cn2cnc(C(=O)Nc3csc(-c4ccc(Br)cc4)c3C(=O)O)c2)c1C(=O)O. The number of aromatic nitrogens is 4. The van der Waals surface area contributed by atoms with E-state index in [2.05, 4.69) is 41.1 Å². The van der Waals surface area contributed by atoms with Gasteiger partial charge in [-0.2, -0.15) is 0 Å². The molecule has 12 nitrogen and oxygen atoms in total. The fourth-order valence-corrected chi connectivity index (χ4v) is 7.88. The fraction of sp³-hybridized carbons (Fsp3) is 0.0645. The number of imidazole rings is 1. The van der Waals surface area contributed by atoms with E-state index < -0.39 is 23.8 Å². The number of halogens is 2. The van der Waals surface area contributed by atoms with Crippen LogP contribution in [0.3, 0.4) is 0 Å². The number of thiophene rings is 2. The van der Waals surface area contributed by atoms with E-state index >= 15 is 0 Å². The van der Waals surface area contributed by atoms with Crippen molar-refractivity contribution < 1.29 is 29.4 Å². The lowest BCUT2D eigenvalue weighted by atomic mass is 10.0. The van der Waals surface area contributed by atoms with Crippen LogP contribution >= 0.6 is 61.7 Å². The van der Waals surface area contributed by atoms with Crippen LogP contribution < -0.4 is 10.6 Å². The summed E-state index contributed by atoms with van der Waals surface area (Å²) in [6, 6.07) is 12.2. The second kappa shape index (κ2) is 13.8. The van der Waals surface area contributed by atoms with Gasteiger partial charge in [0.15, 0.2) is 0 Å². The lowest BCUT2D eigenvalue weighted by Gasteiger charge is -2.11. The Kier molecular flexibility index (Phi) is 9.52. The predicted octanol–water partition coefficient (Wildman–Crippen LogP) is 7.87. The summed E-state index contributed by atoms with van der Waals surface area (Å²) in [5.41, 5.74) is 2.49. The van der Waals surface area contributed by atoms with E-state index in [0.717, 1.165) is 27.3 Å². The number of rotatable bonds is 10. The van der Waals surface area contributed by atoms with Gasteiger partial charge in [-0.25, -0.2) is 14.6 Å². The first-order valence-electron chi connectivity index (χ1n) is 13.7. The number of hydrogen-bond donors (Lipinski definition) is 4. The third-order valence-corrected chi connectivity index (χ3v) is 10.6. The maximum absolute atomic E-state index is 13.2. The van der Waals surface area contributed by atoms with Gasteiger partial charge in [0.2, 0.25) is 0 Å². The van der Waals surface area contributed by atoms with E-state index in [4.69, 9.17) is 11.6 Å². The van der Waals surface area contributed by atoms with Gasteiger partial charge in [0.1, 0.15) is 21.7 Å². The molecule has 0 aliphatic heterocycles. The molecule has 2 amide bonds. The van der Waals surface area contributed by atoms with E-state index in [1.54, 1.807) is 64.7 Å². The van der Waals surface area contributed by atoms with Gasteiger partial charge in [-0.15, -0.1) is 27.8 Å². The number of hydrogen-bond acceptors (Lipinski definition) is 10. The van der Waals surface area contributed by atoms with Gasteiger partial charge >= 0.3 is 11.9 Å². The molecule has 0 atom stereocenters. The summed E-state index contributed by atoms with van der Waals surface area (Å²) in [4.78, 5) is 56.0. The highest BCUT2D eigenvalue weighted by Crippen LogP contribution is 2.40. The lowest BCUT2D eigenvalue weighted by Crippen LogP contribution is -2.14. The van der Waals surface area contributed by atoms with Gasteiger partial charge < -0.3 is 25.4 Å². The summed E-state index contributed by atoms with van der Waals surface area (Å²) in [6.07, 6.45) is 2.92. The van der Waals surface area contributed by atoms with Crippen LogP contribution in [0.5, 0.6) is 0 Å². The van der Waals surface area contributed by atoms with E-state index in [0.29, 0.717) is 37.2 Å². The van der Waals surface area contributed by atoms with Gasteiger partial charge in [0, 0.05) is 33.0 Å². The van der Waals surface area contributed by atoms with Crippen LogP contribution in [0, 0.1) is 6.92 Å². The minimum Gasteiger partial charge on any atom is -0.478 e. The molecule has 0 aliphatic rings. The smallest absolute Gasteiger partial charge is 0.339 e. The molecule has 4 aromatic heterocycles. The first-order chi connectivity index (χ1) is 23.0. The van der Waals surface area contributed by atoms with Gasteiger partial charge in [-0.3, -0.25) is 9.59 Å². The highest BCUT2D eigenvalue weighted by Gasteiger charge is 2.25. The van der Waals surface area contributed by atoms with Crippen LogP contribution in [0.2, 0.25) is 5.02 Å². The van der Waals surface area contributed by atoms with Crippen LogP contribution in [0.4, 0.5) is 11.4 Å². The topological polar surface area (TPSA) is 176 Å². The van der Waals surface area contributed by atoms with Crippen molar-refractivity contribution >= 4 is 96.9 Å². The molecule has 0 spiro atoms. The average molecular weight is 784 g/mol. The van der Waals surface area contributed by atoms with Gasteiger partial charge in [0.05, 0.1) is 33.2 Å². The van der Waals surface area contributed by atoms with Crippen molar-refractivity contribution in [1.29, 1.82) is 0 Å². The maximum Gasteiger partial charge on any atom is 0.339 e. The van der Waals surface area contributed by atoms with Crippen LogP contribution in [0.15, 0.2) is 70.2 Å². The Balaban J connectivity index is 1.25. The van der Waals surface area contributed by atoms with Crippen LogP contribution in [0.1, 0.15) is 52.1 Å². The molecule has 2 aromatic carbocycles. The molecular weight excluding hydrogens is 764 g/mol. The Morgan fingerprint density at radius 3 is 2.21 bits per heavy atom. The number of benzene rings is 2. The van der Waals surface area contributed by atoms with Crippen molar-refractivity contribution in [1.82, 2.24) is 19.1 Å². The Labute approximate surface area is 297 Å². The Hall–Kier alpha value is -4.74. The summed E-state index contributed by atoms with van der Waals surface area (Å²) in [5, 5.41) is 32.8. The van der Waals surface area contributed by atoms with E-state index in [1.165, 1.54) is 23.9 Å². The number of nitrogens with one attached hydrogen (secondary N) is 2. The number of anilines is 2. The molecule has 17 heteroatoms. The Morgan fingerprint density at radius 2 is 1.56 bits per heavy atom. The quantitative estimate of drug-likeness (QED) is 0.108. The summed E-state index contributed by atoms with van der Waals surface area (Å²) >= 11 is 13.0. The van der Waals surface area contributed by atoms with Crippen molar-refractivity contribution in [3.8, 4) is 20.9 Å². The van der Waals surface area contributed by atoms with Gasteiger partial charge in [-0.1, -0.05) is 50.2 Å². The predicted molar refractivity (Wildman–Crippen MR) is 188 cm³/mol. The molecule has 0 unspecified atom stereocenters. The first-order valence-corrected chi connectivity index (χ1v) is 17.4. The average Bonchev–Trinajstić information content (AvgIpc) is 3.85. The maximum atomic E-state index is 13.2. The molecule has 48 heavy (non-hydrogen) atoms. The standard InChI is InChI=1S/C31H20BrClN6O6S3/c1-14-25(48-38-37-14)29(41)36-22-12-47-27(24(22)31(44)45)19-7-6-18(33)8-16(19)9-39-10-20(34-13-39)28(40)35-21-11-46-26(23(21)30(42)43)15-2-4-17(32)5-3-15/h2-8,10-13H,9H2,1H3,(H,35,40)(H,36,41)(H,42,43)(H,44,45). The first kappa shape index (κ1) is 33.2. The monoisotopic (exact) mass is 782 g/mol. The molecule has 4 heterocycles.